The van der Waals surface area contributed by atoms with Gasteiger partial charge < -0.3 is 5.32 Å². The molecule has 0 aliphatic carbocycles. The number of halogens is 2. The summed E-state index contributed by atoms with van der Waals surface area (Å²) in [6.07, 6.45) is 5.85. The number of benzene rings is 1. The lowest BCUT2D eigenvalue weighted by Gasteiger charge is -2.35. The first kappa shape index (κ1) is 18.8. The zero-order valence-electron chi connectivity index (χ0n) is 13.8. The van der Waals surface area contributed by atoms with E-state index >= 15 is 0 Å². The normalized spacial score (nSPS) is 14.4. The van der Waals surface area contributed by atoms with Crippen LogP contribution >= 0.6 is 23.2 Å². The molecule has 1 rings (SSSR count). The Morgan fingerprint density at radius 1 is 1.19 bits per heavy atom. The first-order valence-electron chi connectivity index (χ1n) is 8.09. The number of hydrogen-bond acceptors (Lipinski definition) is 1. The highest BCUT2D eigenvalue weighted by Crippen LogP contribution is 2.35. The van der Waals surface area contributed by atoms with Crippen LogP contribution in [-0.2, 0) is 6.42 Å². The molecule has 0 spiro atoms. The highest BCUT2D eigenvalue weighted by Gasteiger charge is 2.28. The van der Waals surface area contributed by atoms with E-state index in [-0.39, 0.29) is 5.41 Å². The number of hydrogen-bond donors (Lipinski definition) is 1. The fourth-order valence-electron chi connectivity index (χ4n) is 2.72. The largest absolute Gasteiger partial charge is 0.314 e. The molecular weight excluding hydrogens is 301 g/mol. The second-order valence-corrected chi connectivity index (χ2v) is 7.25. The summed E-state index contributed by atoms with van der Waals surface area (Å²) in [4.78, 5) is 0. The van der Waals surface area contributed by atoms with E-state index in [4.69, 9.17) is 23.2 Å². The summed E-state index contributed by atoms with van der Waals surface area (Å²) in [7, 11) is 0. The Balaban J connectivity index is 2.95. The fraction of sp³-hybridized carbons (Fsp3) is 0.667. The van der Waals surface area contributed by atoms with Crippen molar-refractivity contribution in [2.75, 3.05) is 6.54 Å². The van der Waals surface area contributed by atoms with E-state index in [1.165, 1.54) is 24.8 Å². The monoisotopic (exact) mass is 329 g/mol. The van der Waals surface area contributed by atoms with Crippen molar-refractivity contribution in [2.24, 2.45) is 5.41 Å². The predicted octanol–water partition coefficient (Wildman–Crippen LogP) is 6.12. The van der Waals surface area contributed by atoms with Gasteiger partial charge in [0.1, 0.15) is 0 Å². The quantitative estimate of drug-likeness (QED) is 0.575. The van der Waals surface area contributed by atoms with Crippen LogP contribution in [0.4, 0.5) is 0 Å². The fourth-order valence-corrected chi connectivity index (χ4v) is 3.10. The van der Waals surface area contributed by atoms with Gasteiger partial charge in [0, 0.05) is 22.6 Å². The van der Waals surface area contributed by atoms with E-state index in [2.05, 4.69) is 33.0 Å². The van der Waals surface area contributed by atoms with Gasteiger partial charge in [-0.25, -0.2) is 0 Å². The minimum Gasteiger partial charge on any atom is -0.314 e. The van der Waals surface area contributed by atoms with Crippen molar-refractivity contribution < 1.29 is 0 Å². The van der Waals surface area contributed by atoms with E-state index in [0.717, 1.165) is 29.4 Å². The van der Waals surface area contributed by atoms with Gasteiger partial charge >= 0.3 is 0 Å². The highest BCUT2D eigenvalue weighted by molar-refractivity contribution is 6.33. The van der Waals surface area contributed by atoms with Crippen molar-refractivity contribution in [1.29, 1.82) is 0 Å². The standard InChI is InChI=1S/C18H29Cl2N/c1-5-7-10-18(6-2,13-21-14(3)4)12-15-11-16(19)8-9-17(15)20/h8-9,11,14,21H,5-7,10,12-13H2,1-4H3. The Hall–Kier alpha value is -0.240. The summed E-state index contributed by atoms with van der Waals surface area (Å²) in [5, 5.41) is 5.23. The summed E-state index contributed by atoms with van der Waals surface area (Å²) >= 11 is 12.5. The maximum Gasteiger partial charge on any atom is 0.0439 e. The van der Waals surface area contributed by atoms with Crippen molar-refractivity contribution in [1.82, 2.24) is 5.32 Å². The molecule has 1 nitrogen and oxygen atoms in total. The molecular formula is C18H29Cl2N. The second kappa shape index (κ2) is 9.02. The topological polar surface area (TPSA) is 12.0 Å². The zero-order chi connectivity index (χ0) is 15.9. The van der Waals surface area contributed by atoms with Crippen LogP contribution in [0.15, 0.2) is 18.2 Å². The molecule has 1 aromatic carbocycles. The summed E-state index contributed by atoms with van der Waals surface area (Å²) in [6.45, 7) is 9.97. The molecule has 0 aromatic heterocycles. The first-order valence-corrected chi connectivity index (χ1v) is 8.85. The van der Waals surface area contributed by atoms with E-state index < -0.39 is 0 Å². The zero-order valence-corrected chi connectivity index (χ0v) is 15.3. The van der Waals surface area contributed by atoms with Crippen molar-refractivity contribution in [3.63, 3.8) is 0 Å². The SMILES string of the molecule is CCCCC(CC)(CNC(C)C)Cc1cc(Cl)ccc1Cl. The van der Waals surface area contributed by atoms with E-state index in [0.29, 0.717) is 6.04 Å². The van der Waals surface area contributed by atoms with Gasteiger partial charge in [-0.15, -0.1) is 0 Å². The van der Waals surface area contributed by atoms with Crippen LogP contribution in [0.1, 0.15) is 58.9 Å². The van der Waals surface area contributed by atoms with Crippen molar-refractivity contribution in [3.8, 4) is 0 Å². The van der Waals surface area contributed by atoms with Crippen LogP contribution in [-0.4, -0.2) is 12.6 Å². The van der Waals surface area contributed by atoms with Crippen molar-refractivity contribution in [3.05, 3.63) is 33.8 Å². The third-order valence-corrected chi connectivity index (χ3v) is 4.87. The van der Waals surface area contributed by atoms with Gasteiger partial charge in [0.25, 0.3) is 0 Å². The molecule has 0 radical (unpaired) electrons. The number of rotatable bonds is 9. The third kappa shape index (κ3) is 6.18. The summed E-state index contributed by atoms with van der Waals surface area (Å²) in [5.74, 6) is 0. The lowest BCUT2D eigenvalue weighted by Crippen LogP contribution is -2.39. The molecule has 0 aliphatic heterocycles. The summed E-state index contributed by atoms with van der Waals surface area (Å²) < 4.78 is 0. The van der Waals surface area contributed by atoms with E-state index in [1.807, 2.05) is 18.2 Å². The molecule has 1 aromatic rings. The molecule has 0 fully saturated rings. The Labute approximate surface area is 140 Å². The lowest BCUT2D eigenvalue weighted by molar-refractivity contribution is 0.223. The first-order chi connectivity index (χ1) is 9.92. The number of unbranched alkanes of at least 4 members (excludes halogenated alkanes) is 1. The van der Waals surface area contributed by atoms with Crippen LogP contribution < -0.4 is 5.32 Å². The van der Waals surface area contributed by atoms with Crippen LogP contribution in [0.25, 0.3) is 0 Å². The molecule has 0 amide bonds. The molecule has 0 heterocycles. The van der Waals surface area contributed by atoms with Crippen molar-refractivity contribution in [2.45, 2.75) is 65.8 Å². The molecule has 21 heavy (non-hydrogen) atoms. The van der Waals surface area contributed by atoms with Crippen LogP contribution in [0.5, 0.6) is 0 Å². The molecule has 0 bridgehead atoms. The van der Waals surface area contributed by atoms with Crippen LogP contribution in [0.3, 0.4) is 0 Å². The maximum absolute atomic E-state index is 6.38. The minimum absolute atomic E-state index is 0.259. The molecule has 0 saturated heterocycles. The van der Waals surface area contributed by atoms with Crippen LogP contribution in [0, 0.1) is 5.41 Å². The predicted molar refractivity (Wildman–Crippen MR) is 95.6 cm³/mol. The summed E-state index contributed by atoms with van der Waals surface area (Å²) in [5.41, 5.74) is 1.43. The summed E-state index contributed by atoms with van der Waals surface area (Å²) in [6, 6.07) is 6.30. The Morgan fingerprint density at radius 2 is 1.90 bits per heavy atom. The van der Waals surface area contributed by atoms with Gasteiger partial charge in [-0.3, -0.25) is 0 Å². The third-order valence-electron chi connectivity index (χ3n) is 4.27. The maximum atomic E-state index is 6.38. The van der Waals surface area contributed by atoms with Gasteiger partial charge in [-0.05, 0) is 48.4 Å². The smallest absolute Gasteiger partial charge is 0.0439 e. The average molecular weight is 330 g/mol. The molecule has 0 saturated carbocycles. The molecule has 1 N–H and O–H groups in total. The lowest BCUT2D eigenvalue weighted by atomic mass is 9.75. The van der Waals surface area contributed by atoms with Gasteiger partial charge in [0.05, 0.1) is 0 Å². The molecule has 1 unspecified atom stereocenters. The van der Waals surface area contributed by atoms with Crippen molar-refractivity contribution >= 4 is 23.2 Å². The Morgan fingerprint density at radius 3 is 2.48 bits per heavy atom. The average Bonchev–Trinajstić information content (AvgIpc) is 2.45. The van der Waals surface area contributed by atoms with Gasteiger partial charge in [-0.2, -0.15) is 0 Å². The second-order valence-electron chi connectivity index (χ2n) is 6.41. The highest BCUT2D eigenvalue weighted by atomic mass is 35.5. The van der Waals surface area contributed by atoms with Crippen LogP contribution in [0.2, 0.25) is 10.0 Å². The Kier molecular flexibility index (Phi) is 8.08. The molecule has 1 atom stereocenters. The molecule has 3 heteroatoms. The van der Waals surface area contributed by atoms with E-state index in [1.54, 1.807) is 0 Å². The number of nitrogens with one attached hydrogen (secondary N) is 1. The molecule has 0 aliphatic rings. The molecule has 120 valence electrons. The van der Waals surface area contributed by atoms with Gasteiger partial charge in [-0.1, -0.05) is 63.7 Å². The Bertz CT molecular complexity index is 431. The van der Waals surface area contributed by atoms with Gasteiger partial charge in [0.2, 0.25) is 0 Å². The minimum atomic E-state index is 0.259. The van der Waals surface area contributed by atoms with E-state index in [9.17, 15) is 0 Å². The van der Waals surface area contributed by atoms with Gasteiger partial charge in [0.15, 0.2) is 0 Å².